The summed E-state index contributed by atoms with van der Waals surface area (Å²) in [5.74, 6) is -0.791. The van der Waals surface area contributed by atoms with Gasteiger partial charge in [0.05, 0.1) is 23.6 Å². The van der Waals surface area contributed by atoms with Crippen LogP contribution in [0, 0.1) is 15.9 Å². The zero-order valence-corrected chi connectivity index (χ0v) is 12.7. The van der Waals surface area contributed by atoms with E-state index in [-0.39, 0.29) is 18.1 Å². The lowest BCUT2D eigenvalue weighted by molar-refractivity contribution is -0.387. The highest BCUT2D eigenvalue weighted by Gasteiger charge is 2.20. The smallest absolute Gasteiger partial charge is 0.308 e. The van der Waals surface area contributed by atoms with E-state index in [2.05, 4.69) is 4.98 Å². The molecule has 0 atom stereocenters. The molecule has 1 heterocycles. The molecule has 0 amide bonds. The first-order chi connectivity index (χ1) is 11.6. The molecule has 1 aromatic heterocycles. The molecule has 0 fully saturated rings. The number of hydrogen-bond donors (Lipinski definition) is 0. The van der Waals surface area contributed by atoms with Crippen LogP contribution in [0.3, 0.4) is 0 Å². The molecule has 0 N–H and O–H groups in total. The lowest BCUT2D eigenvalue weighted by atomic mass is 10.1. The van der Waals surface area contributed by atoms with Crippen molar-refractivity contribution in [1.29, 1.82) is 0 Å². The number of nitro benzene ring substituents is 1. The van der Waals surface area contributed by atoms with Crippen molar-refractivity contribution in [2.75, 3.05) is 7.11 Å². The monoisotopic (exact) mass is 328 g/mol. The van der Waals surface area contributed by atoms with Gasteiger partial charge in [-0.15, -0.1) is 0 Å². The molecule has 0 spiro atoms. The van der Waals surface area contributed by atoms with Crippen LogP contribution in [0.4, 0.5) is 10.1 Å². The number of benzene rings is 2. The van der Waals surface area contributed by atoms with Crippen LogP contribution in [0.5, 0.6) is 11.5 Å². The molecule has 3 rings (SSSR count). The second-order valence-electron chi connectivity index (χ2n) is 4.99. The van der Waals surface area contributed by atoms with Gasteiger partial charge in [0.1, 0.15) is 6.61 Å². The fourth-order valence-corrected chi connectivity index (χ4v) is 2.38. The summed E-state index contributed by atoms with van der Waals surface area (Å²) in [5.41, 5.74) is 0.916. The largest absolute Gasteiger partial charge is 0.493 e. The highest BCUT2D eigenvalue weighted by atomic mass is 19.1. The van der Waals surface area contributed by atoms with Crippen LogP contribution in [0.15, 0.2) is 48.7 Å². The third kappa shape index (κ3) is 2.96. The van der Waals surface area contributed by atoms with Crippen molar-refractivity contribution in [1.82, 2.24) is 4.98 Å². The molecule has 0 saturated heterocycles. The van der Waals surface area contributed by atoms with Gasteiger partial charge in [-0.05, 0) is 6.07 Å². The lowest BCUT2D eigenvalue weighted by Gasteiger charge is -2.12. The van der Waals surface area contributed by atoms with Crippen molar-refractivity contribution in [3.63, 3.8) is 0 Å². The number of halogens is 1. The van der Waals surface area contributed by atoms with Crippen LogP contribution >= 0.6 is 0 Å². The van der Waals surface area contributed by atoms with Gasteiger partial charge in [-0.1, -0.05) is 24.3 Å². The van der Waals surface area contributed by atoms with Gasteiger partial charge in [0, 0.05) is 23.2 Å². The number of fused-ring (bicyclic) bond motifs is 1. The summed E-state index contributed by atoms with van der Waals surface area (Å²) in [7, 11) is 1.34. The van der Waals surface area contributed by atoms with E-state index in [0.717, 1.165) is 28.6 Å². The van der Waals surface area contributed by atoms with E-state index in [0.29, 0.717) is 0 Å². The number of ether oxygens (including phenoxy) is 2. The summed E-state index contributed by atoms with van der Waals surface area (Å²) in [4.78, 5) is 14.4. The maximum atomic E-state index is 13.7. The number of nitro groups is 1. The first-order valence-electron chi connectivity index (χ1n) is 7.07. The Morgan fingerprint density at radius 3 is 2.75 bits per heavy atom. The van der Waals surface area contributed by atoms with E-state index in [1.165, 1.54) is 7.11 Å². The molecule has 0 aliphatic rings. The number of para-hydroxylation sites is 1. The maximum absolute atomic E-state index is 13.7. The van der Waals surface area contributed by atoms with E-state index in [1.54, 1.807) is 6.20 Å². The van der Waals surface area contributed by atoms with E-state index in [1.807, 2.05) is 30.3 Å². The summed E-state index contributed by atoms with van der Waals surface area (Å²) in [5, 5.41) is 11.8. The molecular formula is C17H13FN2O4. The van der Waals surface area contributed by atoms with Crippen LogP contribution in [0.2, 0.25) is 0 Å². The fraction of sp³-hybridized carbons (Fsp3) is 0.118. The zero-order chi connectivity index (χ0) is 17.1. The molecule has 0 unspecified atom stereocenters. The average molecular weight is 328 g/mol. The van der Waals surface area contributed by atoms with Crippen LogP contribution in [-0.2, 0) is 6.61 Å². The summed E-state index contributed by atoms with van der Waals surface area (Å²) in [6.45, 7) is 0.119. The number of aromatic nitrogens is 1. The fourth-order valence-electron chi connectivity index (χ4n) is 2.38. The Morgan fingerprint density at radius 2 is 2.00 bits per heavy atom. The number of rotatable bonds is 5. The molecule has 3 aromatic rings. The molecule has 2 aromatic carbocycles. The van der Waals surface area contributed by atoms with Gasteiger partial charge < -0.3 is 9.47 Å². The Morgan fingerprint density at radius 1 is 1.21 bits per heavy atom. The first-order valence-corrected chi connectivity index (χ1v) is 7.07. The van der Waals surface area contributed by atoms with E-state index in [9.17, 15) is 14.5 Å². The third-order valence-electron chi connectivity index (χ3n) is 3.53. The molecule has 0 saturated carbocycles. The third-order valence-corrected chi connectivity index (χ3v) is 3.53. The van der Waals surface area contributed by atoms with Crippen LogP contribution in [0.1, 0.15) is 5.56 Å². The molecule has 7 heteroatoms. The molecule has 0 aliphatic carbocycles. The van der Waals surface area contributed by atoms with E-state index in [4.69, 9.17) is 9.47 Å². The molecule has 0 bridgehead atoms. The maximum Gasteiger partial charge on any atom is 0.308 e. The van der Waals surface area contributed by atoms with Gasteiger partial charge in [-0.3, -0.25) is 15.1 Å². The number of hydrogen-bond acceptors (Lipinski definition) is 5. The van der Waals surface area contributed by atoms with Crippen molar-refractivity contribution in [3.05, 3.63) is 70.2 Å². The Hall–Kier alpha value is -3.22. The average Bonchev–Trinajstić information content (AvgIpc) is 2.60. The Balaban J connectivity index is 1.93. The molecule has 24 heavy (non-hydrogen) atoms. The first kappa shape index (κ1) is 15.7. The van der Waals surface area contributed by atoms with Gasteiger partial charge >= 0.3 is 5.69 Å². The minimum absolute atomic E-state index is 0.0892. The Labute approximate surface area is 136 Å². The van der Waals surface area contributed by atoms with Crippen LogP contribution < -0.4 is 9.47 Å². The summed E-state index contributed by atoms with van der Waals surface area (Å²) < 4.78 is 24.3. The highest BCUT2D eigenvalue weighted by molar-refractivity contribution is 5.81. The second-order valence-corrected chi connectivity index (χ2v) is 4.99. The van der Waals surface area contributed by atoms with Crippen molar-refractivity contribution < 1.29 is 18.8 Å². The topological polar surface area (TPSA) is 74.5 Å². The Bertz CT molecular complexity index is 909. The van der Waals surface area contributed by atoms with Crippen LogP contribution in [-0.4, -0.2) is 17.0 Å². The van der Waals surface area contributed by atoms with Gasteiger partial charge in [0.15, 0.2) is 11.5 Å². The normalized spacial score (nSPS) is 10.6. The molecule has 6 nitrogen and oxygen atoms in total. The van der Waals surface area contributed by atoms with Gasteiger partial charge in [0.25, 0.3) is 0 Å². The number of methoxy groups -OCH3 is 1. The van der Waals surface area contributed by atoms with Crippen molar-refractivity contribution in [3.8, 4) is 11.5 Å². The Kier molecular flexibility index (Phi) is 4.24. The molecule has 122 valence electrons. The molecular weight excluding hydrogens is 315 g/mol. The predicted octanol–water partition coefficient (Wildman–Crippen LogP) is 3.87. The summed E-state index contributed by atoms with van der Waals surface area (Å²) in [6.07, 6.45) is 1.68. The SMILES string of the molecule is COc1cc(F)c([N+](=O)[O-])cc1OCc1cccc2cccnc12. The standard InChI is InChI=1S/C17H13FN2O4/c1-23-15-8-13(18)14(20(21)22)9-16(15)24-10-12-5-2-4-11-6-3-7-19-17(11)12/h2-9H,10H2,1H3. The van der Waals surface area contributed by atoms with Crippen molar-refractivity contribution in [2.45, 2.75) is 6.61 Å². The number of nitrogens with zero attached hydrogens (tertiary/aromatic N) is 2. The van der Waals surface area contributed by atoms with Gasteiger partial charge in [-0.25, -0.2) is 0 Å². The second kappa shape index (κ2) is 6.49. The summed E-state index contributed by atoms with van der Waals surface area (Å²) in [6, 6.07) is 11.4. The predicted molar refractivity (Wildman–Crippen MR) is 85.7 cm³/mol. The highest BCUT2D eigenvalue weighted by Crippen LogP contribution is 2.34. The lowest BCUT2D eigenvalue weighted by Crippen LogP contribution is -2.01. The quantitative estimate of drug-likeness (QED) is 0.525. The van der Waals surface area contributed by atoms with E-state index < -0.39 is 16.4 Å². The van der Waals surface area contributed by atoms with Gasteiger partial charge in [0.2, 0.25) is 5.82 Å². The summed E-state index contributed by atoms with van der Waals surface area (Å²) >= 11 is 0. The minimum atomic E-state index is -0.976. The van der Waals surface area contributed by atoms with Crippen LogP contribution in [0.25, 0.3) is 10.9 Å². The van der Waals surface area contributed by atoms with Crippen molar-refractivity contribution in [2.24, 2.45) is 0 Å². The zero-order valence-electron chi connectivity index (χ0n) is 12.7. The van der Waals surface area contributed by atoms with Crippen molar-refractivity contribution >= 4 is 16.6 Å². The van der Waals surface area contributed by atoms with Gasteiger partial charge in [-0.2, -0.15) is 4.39 Å². The number of pyridine rings is 1. The van der Waals surface area contributed by atoms with E-state index >= 15 is 0 Å². The molecule has 0 radical (unpaired) electrons. The minimum Gasteiger partial charge on any atom is -0.493 e. The molecule has 0 aliphatic heterocycles.